The Morgan fingerprint density at radius 2 is 2.32 bits per heavy atom. The van der Waals surface area contributed by atoms with Gasteiger partial charge in [0.1, 0.15) is 11.2 Å². The first-order valence-electron chi connectivity index (χ1n) is 6.43. The molecular formula is C14H15ClN4O3. The number of fused-ring (bicyclic) bond motifs is 1. The summed E-state index contributed by atoms with van der Waals surface area (Å²) in [5, 5.41) is 0.299. The number of hydrogen-bond donors (Lipinski definition) is 2. The highest BCUT2D eigenvalue weighted by Crippen LogP contribution is 2.32. The number of halogens is 1. The first kappa shape index (κ1) is 15.8. The fourth-order valence-corrected chi connectivity index (χ4v) is 2.14. The van der Waals surface area contributed by atoms with E-state index in [-0.39, 0.29) is 18.1 Å². The smallest absolute Gasteiger partial charge is 0.376 e. The van der Waals surface area contributed by atoms with Crippen molar-refractivity contribution in [3.63, 3.8) is 0 Å². The number of rotatable bonds is 4. The number of pyridine rings is 1. The molecule has 2 aromatic rings. The number of anilines is 1. The van der Waals surface area contributed by atoms with Gasteiger partial charge in [-0.3, -0.25) is 4.99 Å². The summed E-state index contributed by atoms with van der Waals surface area (Å²) < 4.78 is 10.3. The Kier molecular flexibility index (Phi) is 4.67. The first-order valence-corrected chi connectivity index (χ1v) is 6.81. The van der Waals surface area contributed by atoms with Crippen LogP contribution in [0.25, 0.3) is 16.7 Å². The highest BCUT2D eigenvalue weighted by atomic mass is 35.5. The molecule has 2 aromatic heterocycles. The maximum Gasteiger partial charge on any atom is 0.376 e. The monoisotopic (exact) mass is 322 g/mol. The summed E-state index contributed by atoms with van der Waals surface area (Å²) in [5.74, 6) is -0.750. The molecule has 8 heteroatoms. The predicted octanol–water partition coefficient (Wildman–Crippen LogP) is 2.24. The van der Waals surface area contributed by atoms with Gasteiger partial charge in [0.2, 0.25) is 5.76 Å². The third kappa shape index (κ3) is 2.75. The molecule has 0 saturated heterocycles. The summed E-state index contributed by atoms with van der Waals surface area (Å²) in [6.07, 6.45) is 2.85. The molecule has 0 aromatic carbocycles. The van der Waals surface area contributed by atoms with Crippen LogP contribution in [-0.2, 0) is 4.74 Å². The van der Waals surface area contributed by atoms with E-state index in [1.165, 1.54) is 18.5 Å². The normalized spacial score (nSPS) is 12.2. The van der Waals surface area contributed by atoms with Gasteiger partial charge in [0.05, 0.1) is 17.3 Å². The number of ether oxygens (including phenoxy) is 1. The zero-order valence-electron chi connectivity index (χ0n) is 12.1. The molecule has 116 valence electrons. The number of allylic oxidation sites excluding steroid dienone is 1. The lowest BCUT2D eigenvalue weighted by Gasteiger charge is -2.03. The van der Waals surface area contributed by atoms with Crippen LogP contribution in [0.1, 0.15) is 23.2 Å². The summed E-state index contributed by atoms with van der Waals surface area (Å²) in [4.78, 5) is 20.0. The molecule has 2 heterocycles. The van der Waals surface area contributed by atoms with Crippen molar-refractivity contribution in [2.75, 3.05) is 19.4 Å². The molecule has 0 aliphatic carbocycles. The van der Waals surface area contributed by atoms with Gasteiger partial charge in [-0.25, -0.2) is 9.78 Å². The fraction of sp³-hybridized carbons (Fsp3) is 0.214. The lowest BCUT2D eigenvalue weighted by molar-refractivity contribution is 0.0494. The summed E-state index contributed by atoms with van der Waals surface area (Å²) >= 11 is 6.18. The van der Waals surface area contributed by atoms with Gasteiger partial charge in [0.25, 0.3) is 0 Å². The highest BCUT2D eigenvalue weighted by molar-refractivity contribution is 6.34. The van der Waals surface area contributed by atoms with Crippen molar-refractivity contribution < 1.29 is 13.9 Å². The molecule has 7 nitrogen and oxygen atoms in total. The number of nitrogens with zero attached hydrogens (tertiary/aromatic N) is 2. The van der Waals surface area contributed by atoms with Crippen molar-refractivity contribution in [2.24, 2.45) is 10.7 Å². The van der Waals surface area contributed by atoms with Gasteiger partial charge >= 0.3 is 5.97 Å². The lowest BCUT2D eigenvalue weighted by Crippen LogP contribution is -2.05. The Hall–Kier alpha value is -2.54. The molecule has 22 heavy (non-hydrogen) atoms. The van der Waals surface area contributed by atoms with Crippen molar-refractivity contribution in [1.82, 2.24) is 4.98 Å². The molecule has 0 radical (unpaired) electrons. The zero-order valence-corrected chi connectivity index (χ0v) is 12.8. The van der Waals surface area contributed by atoms with Gasteiger partial charge in [0.15, 0.2) is 5.58 Å². The molecule has 0 spiro atoms. The van der Waals surface area contributed by atoms with Crippen LogP contribution in [0, 0.1) is 0 Å². The largest absolute Gasteiger partial charge is 0.460 e. The van der Waals surface area contributed by atoms with E-state index in [1.54, 1.807) is 14.0 Å². The Bertz CT molecular complexity index is 780. The fourth-order valence-electron chi connectivity index (χ4n) is 1.89. The number of carbonyl (C=O) groups is 1. The van der Waals surface area contributed by atoms with E-state index in [1.807, 2.05) is 0 Å². The second kappa shape index (κ2) is 6.48. The first-order chi connectivity index (χ1) is 10.5. The molecule has 2 rings (SSSR count). The zero-order chi connectivity index (χ0) is 16.3. The Morgan fingerprint density at radius 1 is 1.59 bits per heavy atom. The molecule has 0 amide bonds. The van der Waals surface area contributed by atoms with Gasteiger partial charge in [-0.1, -0.05) is 11.6 Å². The van der Waals surface area contributed by atoms with Crippen LogP contribution >= 0.6 is 11.6 Å². The van der Waals surface area contributed by atoms with E-state index < -0.39 is 5.97 Å². The van der Waals surface area contributed by atoms with Gasteiger partial charge in [0, 0.05) is 31.1 Å². The van der Waals surface area contributed by atoms with Gasteiger partial charge in [-0.05, 0) is 6.92 Å². The number of aliphatic imine (C=N–C) groups is 1. The van der Waals surface area contributed by atoms with Crippen LogP contribution in [0.3, 0.4) is 0 Å². The third-order valence-corrected chi connectivity index (χ3v) is 3.12. The maximum absolute atomic E-state index is 11.8. The minimum atomic E-state index is -0.652. The van der Waals surface area contributed by atoms with Crippen LogP contribution in [0.15, 0.2) is 21.7 Å². The molecule has 0 saturated carbocycles. The predicted molar refractivity (Wildman–Crippen MR) is 86.0 cm³/mol. The summed E-state index contributed by atoms with van der Waals surface area (Å²) in [6.45, 7) is 1.90. The SMILES string of the molecule is CCOC(=O)c1oc2cc(Cl)c(C(C=NC)=CN)nc2c1N. The van der Waals surface area contributed by atoms with Crippen LogP contribution in [-0.4, -0.2) is 30.8 Å². The Balaban J connectivity index is 2.63. The Morgan fingerprint density at radius 3 is 2.91 bits per heavy atom. The summed E-state index contributed by atoms with van der Waals surface area (Å²) in [5.41, 5.74) is 13.1. The van der Waals surface area contributed by atoms with E-state index in [2.05, 4.69) is 9.98 Å². The molecule has 0 bridgehead atoms. The highest BCUT2D eigenvalue weighted by Gasteiger charge is 2.22. The van der Waals surface area contributed by atoms with E-state index in [0.29, 0.717) is 27.4 Å². The number of esters is 1. The molecule has 0 aliphatic heterocycles. The number of furan rings is 1. The summed E-state index contributed by atoms with van der Waals surface area (Å²) in [7, 11) is 1.60. The number of hydrogen-bond acceptors (Lipinski definition) is 7. The average molecular weight is 323 g/mol. The summed E-state index contributed by atoms with van der Waals surface area (Å²) in [6, 6.07) is 1.52. The van der Waals surface area contributed by atoms with Gasteiger partial charge < -0.3 is 20.6 Å². The van der Waals surface area contributed by atoms with Crippen molar-refractivity contribution >= 4 is 46.1 Å². The molecule has 0 unspecified atom stereocenters. The number of aromatic nitrogens is 1. The Labute approximate surface area is 131 Å². The van der Waals surface area contributed by atoms with E-state index in [4.69, 9.17) is 32.2 Å². The van der Waals surface area contributed by atoms with Crippen molar-refractivity contribution in [1.29, 1.82) is 0 Å². The number of nitrogens with two attached hydrogens (primary N) is 2. The standard InChI is InChI=1S/C14H15ClN4O3/c1-3-21-14(20)13-10(17)12-9(22-13)4-8(15)11(19-12)7(5-16)6-18-2/h4-6H,3,16-17H2,1-2H3. The number of nitrogen functional groups attached to an aromatic ring is 1. The van der Waals surface area contributed by atoms with Crippen molar-refractivity contribution in [3.8, 4) is 0 Å². The van der Waals surface area contributed by atoms with Crippen LogP contribution < -0.4 is 11.5 Å². The number of carbonyl (C=O) groups excluding carboxylic acids is 1. The molecular weight excluding hydrogens is 308 g/mol. The molecule has 0 aliphatic rings. The molecule has 0 atom stereocenters. The topological polar surface area (TPSA) is 117 Å². The lowest BCUT2D eigenvalue weighted by atomic mass is 10.2. The van der Waals surface area contributed by atoms with E-state index >= 15 is 0 Å². The molecule has 4 N–H and O–H groups in total. The van der Waals surface area contributed by atoms with Crippen LogP contribution in [0.4, 0.5) is 5.69 Å². The minimum absolute atomic E-state index is 0.0937. The van der Waals surface area contributed by atoms with Crippen LogP contribution in [0.2, 0.25) is 5.02 Å². The second-order valence-electron chi connectivity index (χ2n) is 4.24. The second-order valence-corrected chi connectivity index (χ2v) is 4.65. The minimum Gasteiger partial charge on any atom is -0.460 e. The van der Waals surface area contributed by atoms with E-state index in [9.17, 15) is 4.79 Å². The van der Waals surface area contributed by atoms with E-state index in [0.717, 1.165) is 0 Å². The van der Waals surface area contributed by atoms with Crippen molar-refractivity contribution in [3.05, 3.63) is 28.7 Å². The average Bonchev–Trinajstić information content (AvgIpc) is 2.81. The van der Waals surface area contributed by atoms with Gasteiger partial charge in [-0.2, -0.15) is 0 Å². The maximum atomic E-state index is 11.8. The van der Waals surface area contributed by atoms with Crippen molar-refractivity contribution in [2.45, 2.75) is 6.92 Å². The van der Waals surface area contributed by atoms with Crippen LogP contribution in [0.5, 0.6) is 0 Å². The third-order valence-electron chi connectivity index (χ3n) is 2.83. The van der Waals surface area contributed by atoms with Gasteiger partial charge in [-0.15, -0.1) is 0 Å². The quantitative estimate of drug-likeness (QED) is 0.658. The molecule has 0 fully saturated rings.